The van der Waals surface area contributed by atoms with E-state index >= 15 is 0 Å². The van der Waals surface area contributed by atoms with Gasteiger partial charge >= 0.3 is 0 Å². The van der Waals surface area contributed by atoms with Crippen LogP contribution in [-0.4, -0.2) is 14.3 Å². The predicted octanol–water partition coefficient (Wildman–Crippen LogP) is 3.79. The molecule has 1 aromatic heterocycles. The molecule has 26 heavy (non-hydrogen) atoms. The SMILES string of the molecule is Cc1ccccc1NC(=O)c1cccc(S(=O)(=O)NCc2cccs2)c1. The Balaban J connectivity index is 1.76. The van der Waals surface area contributed by atoms with Gasteiger partial charge in [-0.05, 0) is 48.2 Å². The molecule has 7 heteroatoms. The van der Waals surface area contributed by atoms with Crippen molar-refractivity contribution in [2.45, 2.75) is 18.4 Å². The van der Waals surface area contributed by atoms with Crippen molar-refractivity contribution in [2.24, 2.45) is 0 Å². The number of benzene rings is 2. The van der Waals surface area contributed by atoms with Crippen LogP contribution in [0.1, 0.15) is 20.8 Å². The minimum Gasteiger partial charge on any atom is -0.322 e. The van der Waals surface area contributed by atoms with E-state index in [9.17, 15) is 13.2 Å². The van der Waals surface area contributed by atoms with Crippen molar-refractivity contribution in [3.8, 4) is 0 Å². The molecule has 0 saturated heterocycles. The third-order valence-electron chi connectivity index (χ3n) is 3.82. The topological polar surface area (TPSA) is 75.3 Å². The number of rotatable bonds is 6. The molecule has 0 unspecified atom stereocenters. The predicted molar refractivity (Wildman–Crippen MR) is 104 cm³/mol. The average molecular weight is 386 g/mol. The van der Waals surface area contributed by atoms with Gasteiger partial charge in [0.1, 0.15) is 0 Å². The first-order chi connectivity index (χ1) is 12.5. The van der Waals surface area contributed by atoms with E-state index in [1.165, 1.54) is 23.5 Å². The lowest BCUT2D eigenvalue weighted by atomic mass is 10.1. The Bertz CT molecular complexity index is 1010. The van der Waals surface area contributed by atoms with Gasteiger partial charge in [0.25, 0.3) is 5.91 Å². The number of hydrogen-bond donors (Lipinski definition) is 2. The summed E-state index contributed by atoms with van der Waals surface area (Å²) in [6.45, 7) is 2.12. The summed E-state index contributed by atoms with van der Waals surface area (Å²) in [6.07, 6.45) is 0. The van der Waals surface area contributed by atoms with Gasteiger partial charge in [-0.15, -0.1) is 11.3 Å². The van der Waals surface area contributed by atoms with Gasteiger partial charge in [0.05, 0.1) is 4.90 Å². The van der Waals surface area contributed by atoms with Gasteiger partial charge in [-0.2, -0.15) is 0 Å². The van der Waals surface area contributed by atoms with E-state index in [0.29, 0.717) is 5.69 Å². The molecule has 0 atom stereocenters. The van der Waals surface area contributed by atoms with Crippen molar-refractivity contribution in [1.29, 1.82) is 0 Å². The van der Waals surface area contributed by atoms with Crippen LogP contribution in [0.15, 0.2) is 70.9 Å². The number of thiophene rings is 1. The maximum absolute atomic E-state index is 12.5. The summed E-state index contributed by atoms with van der Waals surface area (Å²) >= 11 is 1.48. The Morgan fingerprint density at radius 3 is 2.58 bits per heavy atom. The molecular formula is C19H18N2O3S2. The van der Waals surface area contributed by atoms with Crippen molar-refractivity contribution in [2.75, 3.05) is 5.32 Å². The minimum atomic E-state index is -3.70. The highest BCUT2D eigenvalue weighted by molar-refractivity contribution is 7.89. The largest absolute Gasteiger partial charge is 0.322 e. The zero-order valence-electron chi connectivity index (χ0n) is 14.1. The third-order valence-corrected chi connectivity index (χ3v) is 6.09. The molecule has 0 aliphatic carbocycles. The first-order valence-corrected chi connectivity index (χ1v) is 10.3. The molecule has 134 valence electrons. The highest BCUT2D eigenvalue weighted by atomic mass is 32.2. The summed E-state index contributed by atoms with van der Waals surface area (Å²) in [5.41, 5.74) is 1.91. The van der Waals surface area contributed by atoms with E-state index in [2.05, 4.69) is 10.0 Å². The molecule has 3 rings (SSSR count). The van der Waals surface area contributed by atoms with E-state index in [-0.39, 0.29) is 22.9 Å². The first-order valence-electron chi connectivity index (χ1n) is 7.95. The molecule has 0 fully saturated rings. The highest BCUT2D eigenvalue weighted by Crippen LogP contribution is 2.17. The molecule has 3 aromatic rings. The minimum absolute atomic E-state index is 0.0616. The molecule has 0 aliphatic heterocycles. The van der Waals surface area contributed by atoms with Crippen molar-refractivity contribution >= 4 is 33.0 Å². The van der Waals surface area contributed by atoms with E-state index in [0.717, 1.165) is 10.4 Å². The molecule has 2 aromatic carbocycles. The molecular weight excluding hydrogens is 368 g/mol. The smallest absolute Gasteiger partial charge is 0.255 e. The van der Waals surface area contributed by atoms with Crippen LogP contribution < -0.4 is 10.0 Å². The molecule has 0 spiro atoms. The number of hydrogen-bond acceptors (Lipinski definition) is 4. The molecule has 5 nitrogen and oxygen atoms in total. The molecule has 0 bridgehead atoms. The second-order valence-electron chi connectivity index (χ2n) is 5.70. The fourth-order valence-corrected chi connectivity index (χ4v) is 4.16. The van der Waals surface area contributed by atoms with Gasteiger partial charge in [-0.1, -0.05) is 30.3 Å². The van der Waals surface area contributed by atoms with E-state index in [1.807, 2.05) is 42.6 Å². The maximum Gasteiger partial charge on any atom is 0.255 e. The molecule has 2 N–H and O–H groups in total. The van der Waals surface area contributed by atoms with Gasteiger partial charge in [0, 0.05) is 22.7 Å². The second kappa shape index (κ2) is 7.82. The highest BCUT2D eigenvalue weighted by Gasteiger charge is 2.16. The third kappa shape index (κ3) is 4.37. The number of sulfonamides is 1. The van der Waals surface area contributed by atoms with Gasteiger partial charge in [0.15, 0.2) is 0 Å². The quantitative estimate of drug-likeness (QED) is 0.677. The fourth-order valence-electron chi connectivity index (χ4n) is 2.37. The Morgan fingerprint density at radius 1 is 1.04 bits per heavy atom. The van der Waals surface area contributed by atoms with Gasteiger partial charge < -0.3 is 5.32 Å². The lowest BCUT2D eigenvalue weighted by molar-refractivity contribution is 0.102. The van der Waals surface area contributed by atoms with Crippen LogP contribution in [0.3, 0.4) is 0 Å². The summed E-state index contributed by atoms with van der Waals surface area (Å²) in [4.78, 5) is 13.4. The molecule has 1 amide bonds. The Morgan fingerprint density at radius 2 is 1.85 bits per heavy atom. The number of para-hydroxylation sites is 1. The van der Waals surface area contributed by atoms with Crippen molar-refractivity contribution in [3.05, 3.63) is 82.0 Å². The summed E-state index contributed by atoms with van der Waals surface area (Å²) < 4.78 is 27.5. The molecule has 0 radical (unpaired) electrons. The lowest BCUT2D eigenvalue weighted by Gasteiger charge is -2.10. The van der Waals surface area contributed by atoms with Crippen LogP contribution in [0, 0.1) is 6.92 Å². The number of anilines is 1. The summed E-state index contributed by atoms with van der Waals surface area (Å²) in [5.74, 6) is -0.352. The van der Waals surface area contributed by atoms with E-state index in [4.69, 9.17) is 0 Å². The van der Waals surface area contributed by atoms with Crippen LogP contribution in [0.4, 0.5) is 5.69 Å². The van der Waals surface area contributed by atoms with E-state index < -0.39 is 10.0 Å². The van der Waals surface area contributed by atoms with Crippen LogP contribution >= 0.6 is 11.3 Å². The maximum atomic E-state index is 12.5. The zero-order valence-corrected chi connectivity index (χ0v) is 15.7. The molecule has 0 saturated carbocycles. The fraction of sp³-hybridized carbons (Fsp3) is 0.105. The van der Waals surface area contributed by atoms with Crippen molar-refractivity contribution in [3.63, 3.8) is 0 Å². The normalized spacial score (nSPS) is 11.3. The Hall–Kier alpha value is -2.48. The summed E-state index contributed by atoms with van der Waals surface area (Å²) in [5, 5.41) is 4.70. The molecule has 1 heterocycles. The standard InChI is InChI=1S/C19H18N2O3S2/c1-14-6-2-3-10-18(14)21-19(22)15-7-4-9-17(12-15)26(23,24)20-13-16-8-5-11-25-16/h2-12,20H,13H2,1H3,(H,21,22). The van der Waals surface area contributed by atoms with Crippen LogP contribution in [0.5, 0.6) is 0 Å². The first kappa shape index (κ1) is 18.3. The Labute approximate surface area is 156 Å². The lowest BCUT2D eigenvalue weighted by Crippen LogP contribution is -2.23. The number of nitrogens with one attached hydrogen (secondary N) is 2. The summed E-state index contributed by atoms with van der Waals surface area (Å²) in [6, 6.07) is 17.1. The number of aryl methyl sites for hydroxylation is 1. The number of carbonyl (C=O) groups is 1. The monoisotopic (exact) mass is 386 g/mol. The Kier molecular flexibility index (Phi) is 5.51. The van der Waals surface area contributed by atoms with Crippen LogP contribution in [0.2, 0.25) is 0 Å². The molecule has 0 aliphatic rings. The number of carbonyl (C=O) groups excluding carboxylic acids is 1. The van der Waals surface area contributed by atoms with Crippen molar-refractivity contribution in [1.82, 2.24) is 4.72 Å². The van der Waals surface area contributed by atoms with Gasteiger partial charge in [-0.3, -0.25) is 4.79 Å². The zero-order chi connectivity index (χ0) is 18.6. The van der Waals surface area contributed by atoms with Gasteiger partial charge in [0.2, 0.25) is 10.0 Å². The van der Waals surface area contributed by atoms with Crippen molar-refractivity contribution < 1.29 is 13.2 Å². The summed E-state index contributed by atoms with van der Waals surface area (Å²) in [7, 11) is -3.70. The van der Waals surface area contributed by atoms with Crippen LogP contribution in [0.25, 0.3) is 0 Å². The van der Waals surface area contributed by atoms with E-state index in [1.54, 1.807) is 18.2 Å². The van der Waals surface area contributed by atoms with Gasteiger partial charge in [-0.25, -0.2) is 13.1 Å². The number of amides is 1. The van der Waals surface area contributed by atoms with Crippen LogP contribution in [-0.2, 0) is 16.6 Å². The second-order valence-corrected chi connectivity index (χ2v) is 8.50. The average Bonchev–Trinajstić information content (AvgIpc) is 3.16.